The highest BCUT2D eigenvalue weighted by atomic mass is 32.2. The molecule has 0 unspecified atom stereocenters. The Hall–Kier alpha value is -3.12. The average molecular weight is 552 g/mol. The second kappa shape index (κ2) is 10.9. The van der Waals surface area contributed by atoms with Gasteiger partial charge in [0.2, 0.25) is 0 Å². The minimum absolute atomic E-state index is 0.138. The van der Waals surface area contributed by atoms with Crippen molar-refractivity contribution in [3.8, 4) is 5.82 Å². The summed E-state index contributed by atoms with van der Waals surface area (Å²) in [6.45, 7) is 7.31. The van der Waals surface area contributed by atoms with Gasteiger partial charge in [0, 0.05) is 11.9 Å². The number of halogens is 1. The number of rotatable bonds is 8. The summed E-state index contributed by atoms with van der Waals surface area (Å²) < 4.78 is 30.3. The van der Waals surface area contributed by atoms with Crippen LogP contribution in [-0.4, -0.2) is 56.5 Å². The van der Waals surface area contributed by atoms with Crippen molar-refractivity contribution >= 4 is 30.5 Å². The zero-order valence-electron chi connectivity index (χ0n) is 21.5. The van der Waals surface area contributed by atoms with Crippen molar-refractivity contribution in [1.29, 1.82) is 0 Å². The van der Waals surface area contributed by atoms with Gasteiger partial charge in [0.1, 0.15) is 18.1 Å². The van der Waals surface area contributed by atoms with E-state index in [0.717, 1.165) is 10.9 Å². The van der Waals surface area contributed by atoms with Crippen LogP contribution in [0.1, 0.15) is 20.8 Å². The summed E-state index contributed by atoms with van der Waals surface area (Å²) in [5, 5.41) is 6.12. The van der Waals surface area contributed by atoms with Crippen LogP contribution >= 0.6 is 11.8 Å². The monoisotopic (exact) mass is 551 g/mol. The minimum Gasteiger partial charge on any atom is -0.404 e. The van der Waals surface area contributed by atoms with E-state index in [1.807, 2.05) is 12.1 Å². The Balaban J connectivity index is 1.32. The van der Waals surface area contributed by atoms with Gasteiger partial charge in [0.25, 0.3) is 8.32 Å². The highest BCUT2D eigenvalue weighted by molar-refractivity contribution is 8.00. The molecule has 0 saturated carbocycles. The van der Waals surface area contributed by atoms with Crippen molar-refractivity contribution < 1.29 is 13.6 Å². The Bertz CT molecular complexity index is 1370. The molecule has 2 atom stereocenters. The molecule has 0 amide bonds. The number of aromatic nitrogens is 5. The summed E-state index contributed by atoms with van der Waals surface area (Å²) in [6.07, 6.45) is 3.42. The molecule has 0 N–H and O–H groups in total. The average Bonchev–Trinajstić information content (AvgIpc) is 3.60. The van der Waals surface area contributed by atoms with Gasteiger partial charge in [0.05, 0.1) is 19.3 Å². The maximum Gasteiger partial charge on any atom is 0.349 e. The Morgan fingerprint density at radius 2 is 1.76 bits per heavy atom. The molecule has 1 aliphatic heterocycles. The lowest BCUT2D eigenvalue weighted by molar-refractivity contribution is 0.0294. The Labute approximate surface area is 226 Å². The number of hydrogen-bond acceptors (Lipinski definition) is 7. The summed E-state index contributed by atoms with van der Waals surface area (Å²) in [5.41, 5.74) is -0.776. The topological polar surface area (TPSA) is 84.1 Å². The van der Waals surface area contributed by atoms with E-state index in [1.54, 1.807) is 11.8 Å². The van der Waals surface area contributed by atoms with Gasteiger partial charge in [-0.2, -0.15) is 14.8 Å². The second-order valence-corrected chi connectivity index (χ2v) is 15.7. The largest absolute Gasteiger partial charge is 0.404 e. The van der Waals surface area contributed by atoms with Gasteiger partial charge in [-0.15, -0.1) is 11.8 Å². The lowest BCUT2D eigenvalue weighted by Gasteiger charge is -2.43. The molecular formula is C27H30FN5O3SSi. The number of thioether (sulfide) groups is 1. The van der Waals surface area contributed by atoms with E-state index < -0.39 is 19.8 Å². The van der Waals surface area contributed by atoms with Crippen LogP contribution in [0.3, 0.4) is 0 Å². The molecule has 3 heterocycles. The highest BCUT2D eigenvalue weighted by Crippen LogP contribution is 2.38. The first kappa shape index (κ1) is 26.5. The molecular weight excluding hydrogens is 521 g/mol. The van der Waals surface area contributed by atoms with Gasteiger partial charge in [-0.25, -0.2) is 14.2 Å². The van der Waals surface area contributed by atoms with Crippen LogP contribution < -0.4 is 16.1 Å². The van der Waals surface area contributed by atoms with Crippen LogP contribution in [-0.2, 0) is 15.7 Å². The van der Waals surface area contributed by atoms with E-state index in [1.165, 1.54) is 27.6 Å². The first-order chi connectivity index (χ1) is 18.3. The smallest absolute Gasteiger partial charge is 0.349 e. The van der Waals surface area contributed by atoms with E-state index in [4.69, 9.17) is 9.16 Å². The van der Waals surface area contributed by atoms with Crippen LogP contribution in [0.2, 0.25) is 5.04 Å². The fourth-order valence-corrected chi connectivity index (χ4v) is 10.6. The standard InChI is InChI=1S/C27H30FN5O3SSi/c1-27(2,3)38(21-10-6-4-7-11-21,22-12-8-5-9-13-22)35-16-24-36-20(17-37-24)14-32-15-23(28)25(31-26(32)34)33-19-29-18-30-33/h4-13,15,18-20,24H,14,16-17H2,1-3H3/t20-,24-/m1/s1. The van der Waals surface area contributed by atoms with Crippen LogP contribution in [0.15, 0.2) is 84.3 Å². The van der Waals surface area contributed by atoms with Crippen molar-refractivity contribution in [2.75, 3.05) is 12.4 Å². The molecule has 198 valence electrons. The van der Waals surface area contributed by atoms with Gasteiger partial charge < -0.3 is 9.16 Å². The molecule has 0 radical (unpaired) electrons. The van der Waals surface area contributed by atoms with Crippen LogP contribution in [0.4, 0.5) is 4.39 Å². The summed E-state index contributed by atoms with van der Waals surface area (Å²) >= 11 is 1.65. The molecule has 2 aromatic carbocycles. The number of nitrogens with zero attached hydrogens (tertiary/aromatic N) is 5. The molecule has 8 nitrogen and oxygen atoms in total. The predicted molar refractivity (Wildman–Crippen MR) is 148 cm³/mol. The van der Waals surface area contributed by atoms with Gasteiger partial charge in [-0.3, -0.25) is 4.57 Å². The Morgan fingerprint density at radius 3 is 2.34 bits per heavy atom. The second-order valence-electron chi connectivity index (χ2n) is 10.2. The van der Waals surface area contributed by atoms with Crippen molar-refractivity contribution in [1.82, 2.24) is 24.3 Å². The number of hydrogen-bond donors (Lipinski definition) is 0. The SMILES string of the molecule is CC(C)(C)[Si](OC[C@@H]1O[C@H](Cn2cc(F)c(-n3cncn3)nc2=O)CS1)(c1ccccc1)c1ccccc1. The third-order valence-corrected chi connectivity index (χ3v) is 12.8. The molecule has 0 aliphatic carbocycles. The van der Waals surface area contributed by atoms with Crippen molar-refractivity contribution in [3.05, 3.63) is 95.8 Å². The summed E-state index contributed by atoms with van der Waals surface area (Å²) in [5.74, 6) is -0.178. The first-order valence-corrected chi connectivity index (χ1v) is 15.4. The number of benzene rings is 2. The van der Waals surface area contributed by atoms with E-state index >= 15 is 0 Å². The fraction of sp³-hybridized carbons (Fsp3) is 0.333. The lowest BCUT2D eigenvalue weighted by Crippen LogP contribution is -2.67. The van der Waals surface area contributed by atoms with Gasteiger partial charge in [-0.1, -0.05) is 81.4 Å². The van der Waals surface area contributed by atoms with Gasteiger partial charge in [-0.05, 0) is 15.4 Å². The normalized spacial score (nSPS) is 18.1. The van der Waals surface area contributed by atoms with E-state index in [2.05, 4.69) is 84.4 Å². The molecule has 1 aliphatic rings. The zero-order valence-corrected chi connectivity index (χ0v) is 23.3. The maximum atomic E-state index is 14.7. The van der Waals surface area contributed by atoms with E-state index in [0.29, 0.717) is 12.4 Å². The molecule has 0 spiro atoms. The van der Waals surface area contributed by atoms with Crippen LogP contribution in [0.25, 0.3) is 5.82 Å². The van der Waals surface area contributed by atoms with Gasteiger partial charge in [0.15, 0.2) is 11.6 Å². The summed E-state index contributed by atoms with van der Waals surface area (Å²) in [6, 6.07) is 20.9. The third-order valence-electron chi connectivity index (χ3n) is 6.63. The maximum absolute atomic E-state index is 14.7. The van der Waals surface area contributed by atoms with Crippen molar-refractivity contribution in [2.45, 2.75) is 43.9 Å². The molecule has 1 fully saturated rings. The highest BCUT2D eigenvalue weighted by Gasteiger charge is 2.50. The molecule has 5 rings (SSSR count). The fourth-order valence-electron chi connectivity index (χ4n) is 4.93. The predicted octanol–water partition coefficient (Wildman–Crippen LogP) is 3.00. The summed E-state index contributed by atoms with van der Waals surface area (Å²) in [7, 11) is -2.68. The first-order valence-electron chi connectivity index (χ1n) is 12.4. The Morgan fingerprint density at radius 1 is 1.11 bits per heavy atom. The van der Waals surface area contributed by atoms with E-state index in [-0.39, 0.29) is 28.9 Å². The third kappa shape index (κ3) is 5.24. The zero-order chi connectivity index (χ0) is 26.8. The van der Waals surface area contributed by atoms with Crippen molar-refractivity contribution in [3.63, 3.8) is 0 Å². The molecule has 2 aromatic heterocycles. The molecule has 11 heteroatoms. The van der Waals surface area contributed by atoms with E-state index in [9.17, 15) is 9.18 Å². The quantitative estimate of drug-likeness (QED) is 0.311. The molecule has 0 bridgehead atoms. The van der Waals surface area contributed by atoms with Gasteiger partial charge >= 0.3 is 5.69 Å². The van der Waals surface area contributed by atoms with Crippen LogP contribution in [0.5, 0.6) is 0 Å². The molecule has 4 aromatic rings. The minimum atomic E-state index is -2.68. The Kier molecular flexibility index (Phi) is 7.62. The van der Waals surface area contributed by atoms with Crippen molar-refractivity contribution in [2.24, 2.45) is 0 Å². The lowest BCUT2D eigenvalue weighted by atomic mass is 10.2. The molecule has 38 heavy (non-hydrogen) atoms. The molecule has 1 saturated heterocycles. The van der Waals surface area contributed by atoms with Crippen LogP contribution in [0, 0.1) is 5.82 Å². The summed E-state index contributed by atoms with van der Waals surface area (Å²) in [4.78, 5) is 20.2. The number of ether oxygens (including phenoxy) is 1.